The van der Waals surface area contributed by atoms with Crippen LogP contribution in [0.4, 0.5) is 0 Å². The van der Waals surface area contributed by atoms with Gasteiger partial charge in [-0.3, -0.25) is 4.79 Å². The highest BCUT2D eigenvalue weighted by molar-refractivity contribution is 9.10. The van der Waals surface area contributed by atoms with Crippen LogP contribution in [0.1, 0.15) is 5.56 Å². The zero-order chi connectivity index (χ0) is 16.6. The molecule has 7 heteroatoms. The first kappa shape index (κ1) is 15.6. The number of benzene rings is 1. The van der Waals surface area contributed by atoms with Crippen LogP contribution in [-0.4, -0.2) is 10.1 Å². The number of aromatic hydroxyl groups is 1. The van der Waals surface area contributed by atoms with E-state index < -0.39 is 5.56 Å². The number of furan rings is 1. The largest absolute Gasteiger partial charge is 0.507 e. The van der Waals surface area contributed by atoms with E-state index in [0.29, 0.717) is 27.3 Å². The molecule has 0 amide bonds. The van der Waals surface area contributed by atoms with Gasteiger partial charge >= 0.3 is 0 Å². The maximum Gasteiger partial charge on any atom is 0.267 e. The normalized spacial score (nSPS) is 10.5. The number of nitriles is 1. The molecule has 23 heavy (non-hydrogen) atoms. The summed E-state index contributed by atoms with van der Waals surface area (Å²) in [6.45, 7) is 0. The van der Waals surface area contributed by atoms with E-state index in [1.165, 1.54) is 6.07 Å². The first-order chi connectivity index (χ1) is 11.0. The average molecular weight is 436 g/mol. The van der Waals surface area contributed by atoms with E-state index >= 15 is 0 Å². The van der Waals surface area contributed by atoms with Crippen molar-refractivity contribution in [2.24, 2.45) is 0 Å². The van der Waals surface area contributed by atoms with E-state index in [9.17, 15) is 15.2 Å². The topological polar surface area (TPSA) is 90.0 Å². The van der Waals surface area contributed by atoms with Crippen molar-refractivity contribution in [3.63, 3.8) is 0 Å². The van der Waals surface area contributed by atoms with Gasteiger partial charge in [-0.15, -0.1) is 0 Å². The van der Waals surface area contributed by atoms with Crippen molar-refractivity contribution in [2.75, 3.05) is 0 Å². The molecular weight excluding hydrogens is 428 g/mol. The predicted octanol–water partition coefficient (Wildman–Crippen LogP) is 4.40. The van der Waals surface area contributed by atoms with E-state index in [4.69, 9.17) is 4.42 Å². The fourth-order valence-corrected chi connectivity index (χ4v) is 2.86. The van der Waals surface area contributed by atoms with Gasteiger partial charge in [-0.25, -0.2) is 0 Å². The van der Waals surface area contributed by atoms with Gasteiger partial charge in [0.1, 0.15) is 23.1 Å². The number of nitrogens with one attached hydrogen (secondary N) is 1. The van der Waals surface area contributed by atoms with Gasteiger partial charge in [0.2, 0.25) is 0 Å². The maximum atomic E-state index is 12.2. The first-order valence-electron chi connectivity index (χ1n) is 6.41. The summed E-state index contributed by atoms with van der Waals surface area (Å²) in [6, 6.07) is 11.7. The molecule has 2 heterocycles. The number of phenolic OH excluding ortho intramolecular Hbond substituents is 1. The Morgan fingerprint density at radius 1 is 1.13 bits per heavy atom. The molecular formula is C16H8Br2N2O3. The number of hydrogen-bond acceptors (Lipinski definition) is 4. The van der Waals surface area contributed by atoms with Crippen molar-refractivity contribution in [1.82, 2.24) is 4.98 Å². The molecule has 0 aliphatic heterocycles. The summed E-state index contributed by atoms with van der Waals surface area (Å²) in [4.78, 5) is 14.8. The van der Waals surface area contributed by atoms with Crippen molar-refractivity contribution in [3.8, 4) is 34.4 Å². The van der Waals surface area contributed by atoms with Crippen molar-refractivity contribution in [3.05, 3.63) is 61.5 Å². The zero-order valence-corrected chi connectivity index (χ0v) is 14.6. The molecule has 0 unspecified atom stereocenters. The summed E-state index contributed by atoms with van der Waals surface area (Å²) in [5.74, 6) is 0.399. The van der Waals surface area contributed by atoms with Crippen LogP contribution >= 0.6 is 31.9 Å². The third kappa shape index (κ3) is 2.96. The van der Waals surface area contributed by atoms with Crippen molar-refractivity contribution in [2.45, 2.75) is 0 Å². The molecule has 0 saturated carbocycles. The average Bonchev–Trinajstić information content (AvgIpc) is 2.95. The highest BCUT2D eigenvalue weighted by Gasteiger charge is 2.16. The van der Waals surface area contributed by atoms with E-state index in [1.807, 2.05) is 6.07 Å². The lowest BCUT2D eigenvalue weighted by Crippen LogP contribution is -2.12. The van der Waals surface area contributed by atoms with E-state index in [2.05, 4.69) is 36.8 Å². The molecule has 0 saturated heterocycles. The summed E-state index contributed by atoms with van der Waals surface area (Å²) in [5, 5.41) is 19.3. The highest BCUT2D eigenvalue weighted by Crippen LogP contribution is 2.33. The van der Waals surface area contributed by atoms with Crippen LogP contribution in [0.2, 0.25) is 0 Å². The van der Waals surface area contributed by atoms with Crippen LogP contribution in [-0.2, 0) is 0 Å². The number of phenols is 1. The van der Waals surface area contributed by atoms with Gasteiger partial charge in [-0.05, 0) is 52.3 Å². The first-order valence-corrected chi connectivity index (χ1v) is 8.00. The molecule has 0 radical (unpaired) electrons. The molecule has 3 rings (SSSR count). The van der Waals surface area contributed by atoms with Crippen LogP contribution in [0.25, 0.3) is 22.6 Å². The van der Waals surface area contributed by atoms with Gasteiger partial charge < -0.3 is 14.5 Å². The van der Waals surface area contributed by atoms with Crippen LogP contribution in [0.3, 0.4) is 0 Å². The Balaban J connectivity index is 2.29. The summed E-state index contributed by atoms with van der Waals surface area (Å²) in [6.07, 6.45) is 0. The number of aromatic nitrogens is 1. The molecule has 0 bridgehead atoms. The Morgan fingerprint density at radius 2 is 1.91 bits per heavy atom. The van der Waals surface area contributed by atoms with E-state index in [-0.39, 0.29) is 11.3 Å². The van der Waals surface area contributed by atoms with Gasteiger partial charge in [-0.2, -0.15) is 5.26 Å². The Labute approximate surface area is 147 Å². The second-order valence-electron chi connectivity index (χ2n) is 4.68. The third-order valence-corrected chi connectivity index (χ3v) is 4.15. The molecule has 3 aromatic rings. The smallest absolute Gasteiger partial charge is 0.267 e. The van der Waals surface area contributed by atoms with Crippen LogP contribution in [0.15, 0.2) is 54.8 Å². The second kappa shape index (κ2) is 6.07. The molecule has 2 aromatic heterocycles. The Morgan fingerprint density at radius 3 is 2.57 bits per heavy atom. The molecule has 0 aliphatic carbocycles. The Hall–Kier alpha value is -2.30. The van der Waals surface area contributed by atoms with Gasteiger partial charge in [-0.1, -0.05) is 15.9 Å². The highest BCUT2D eigenvalue weighted by atomic mass is 79.9. The number of hydrogen-bond donors (Lipinski definition) is 2. The van der Waals surface area contributed by atoms with Crippen LogP contribution < -0.4 is 5.56 Å². The molecule has 0 aliphatic rings. The monoisotopic (exact) mass is 434 g/mol. The van der Waals surface area contributed by atoms with Gasteiger partial charge in [0.15, 0.2) is 4.67 Å². The molecule has 0 atom stereocenters. The predicted molar refractivity (Wildman–Crippen MR) is 92.0 cm³/mol. The van der Waals surface area contributed by atoms with E-state index in [1.54, 1.807) is 30.3 Å². The maximum absolute atomic E-state index is 12.2. The lowest BCUT2D eigenvalue weighted by Gasteiger charge is -2.08. The van der Waals surface area contributed by atoms with Crippen LogP contribution in [0, 0.1) is 11.3 Å². The number of halogens is 2. The molecule has 0 fully saturated rings. The summed E-state index contributed by atoms with van der Waals surface area (Å²) < 4.78 is 6.69. The SMILES string of the molecule is N#Cc1c(-c2ccc(Br)o2)cc(-c2cc(Br)ccc2O)[nH]c1=O. The number of aromatic amines is 1. The molecule has 1 aromatic carbocycles. The van der Waals surface area contributed by atoms with Crippen LogP contribution in [0.5, 0.6) is 5.75 Å². The molecule has 0 spiro atoms. The second-order valence-corrected chi connectivity index (χ2v) is 6.38. The van der Waals surface area contributed by atoms with Crippen molar-refractivity contribution in [1.29, 1.82) is 5.26 Å². The van der Waals surface area contributed by atoms with Gasteiger partial charge in [0.25, 0.3) is 5.56 Å². The van der Waals surface area contributed by atoms with Gasteiger partial charge in [0, 0.05) is 15.6 Å². The molecule has 114 valence electrons. The minimum absolute atomic E-state index is 0.0140. The number of nitrogens with zero attached hydrogens (tertiary/aromatic N) is 1. The summed E-state index contributed by atoms with van der Waals surface area (Å²) in [7, 11) is 0. The summed E-state index contributed by atoms with van der Waals surface area (Å²) >= 11 is 6.52. The lowest BCUT2D eigenvalue weighted by atomic mass is 10.0. The lowest BCUT2D eigenvalue weighted by molar-refractivity contribution is 0.477. The minimum Gasteiger partial charge on any atom is -0.507 e. The Kier molecular flexibility index (Phi) is 4.11. The van der Waals surface area contributed by atoms with Crippen molar-refractivity contribution < 1.29 is 9.52 Å². The molecule has 2 N–H and O–H groups in total. The fraction of sp³-hybridized carbons (Fsp3) is 0. The zero-order valence-electron chi connectivity index (χ0n) is 11.4. The van der Waals surface area contributed by atoms with Crippen molar-refractivity contribution >= 4 is 31.9 Å². The summed E-state index contributed by atoms with van der Waals surface area (Å²) in [5.41, 5.74) is 0.580. The fourth-order valence-electron chi connectivity index (χ4n) is 2.19. The number of rotatable bonds is 2. The van der Waals surface area contributed by atoms with E-state index in [0.717, 1.165) is 4.47 Å². The number of pyridine rings is 1. The van der Waals surface area contributed by atoms with Gasteiger partial charge in [0.05, 0.1) is 5.69 Å². The minimum atomic E-state index is -0.549. The molecule has 5 nitrogen and oxygen atoms in total. The third-order valence-electron chi connectivity index (χ3n) is 3.23. The quantitative estimate of drug-likeness (QED) is 0.623. The number of H-pyrrole nitrogens is 1. The standard InChI is InChI=1S/C16H8Br2N2O3/c17-8-1-2-13(21)10(5-8)12-6-9(11(7-19)16(22)20-12)14-3-4-15(18)23-14/h1-6,21H,(H,20,22). The Bertz CT molecular complexity index is 999.